The lowest BCUT2D eigenvalue weighted by molar-refractivity contribution is 0.103. The quantitative estimate of drug-likeness (QED) is 0.792. The van der Waals surface area contributed by atoms with Crippen LogP contribution in [0.4, 0.5) is 0 Å². The zero-order chi connectivity index (χ0) is 14.5. The van der Waals surface area contributed by atoms with E-state index in [-0.39, 0.29) is 0 Å². The second-order valence-electron chi connectivity index (χ2n) is 6.17. The third-order valence-electron chi connectivity index (χ3n) is 3.96. The van der Waals surface area contributed by atoms with Crippen LogP contribution in [0, 0.1) is 5.92 Å². The van der Waals surface area contributed by atoms with Crippen molar-refractivity contribution < 1.29 is 9.84 Å². The Labute approximate surface area is 122 Å². The predicted octanol–water partition coefficient (Wildman–Crippen LogP) is 3.24. The van der Waals surface area contributed by atoms with Gasteiger partial charge in [-0.1, -0.05) is 32.0 Å². The van der Waals surface area contributed by atoms with Gasteiger partial charge in [0, 0.05) is 18.2 Å². The Morgan fingerprint density at radius 2 is 2.00 bits per heavy atom. The van der Waals surface area contributed by atoms with Gasteiger partial charge in [0.05, 0.1) is 13.2 Å². The second-order valence-corrected chi connectivity index (χ2v) is 6.17. The summed E-state index contributed by atoms with van der Waals surface area (Å²) in [5.41, 5.74) is 0.894. The summed E-state index contributed by atoms with van der Waals surface area (Å²) in [6, 6.07) is 8.44. The first-order valence-corrected chi connectivity index (χ1v) is 7.66. The molecule has 0 heterocycles. The summed E-state index contributed by atoms with van der Waals surface area (Å²) in [7, 11) is 1.66. The van der Waals surface area contributed by atoms with E-state index in [1.54, 1.807) is 7.11 Å². The van der Waals surface area contributed by atoms with Gasteiger partial charge in [0.15, 0.2) is 0 Å². The largest absolute Gasteiger partial charge is 0.496 e. The van der Waals surface area contributed by atoms with E-state index in [0.29, 0.717) is 18.5 Å². The smallest absolute Gasteiger partial charge is 0.124 e. The Bertz CT molecular complexity index is 415. The van der Waals surface area contributed by atoms with Gasteiger partial charge in [-0.3, -0.25) is 4.90 Å². The molecule has 0 aliphatic heterocycles. The molecule has 0 saturated heterocycles. The minimum Gasteiger partial charge on any atom is -0.496 e. The number of aliphatic hydroxyl groups excluding tert-OH is 1. The van der Waals surface area contributed by atoms with Gasteiger partial charge in [-0.25, -0.2) is 0 Å². The van der Waals surface area contributed by atoms with E-state index in [1.165, 1.54) is 19.3 Å². The monoisotopic (exact) mass is 277 g/mol. The maximum absolute atomic E-state index is 10.5. The van der Waals surface area contributed by atoms with E-state index in [1.807, 2.05) is 24.3 Å². The molecule has 112 valence electrons. The summed E-state index contributed by atoms with van der Waals surface area (Å²) in [6.45, 7) is 6.29. The second kappa shape index (κ2) is 7.09. The van der Waals surface area contributed by atoms with Crippen molar-refractivity contribution in [3.8, 4) is 5.75 Å². The first-order chi connectivity index (χ1) is 9.61. The lowest BCUT2D eigenvalue weighted by Crippen LogP contribution is -2.32. The highest BCUT2D eigenvalue weighted by Gasteiger charge is 2.30. The molecule has 0 bridgehead atoms. The third kappa shape index (κ3) is 4.22. The van der Waals surface area contributed by atoms with Gasteiger partial charge in [0.25, 0.3) is 0 Å². The Morgan fingerprint density at radius 1 is 1.30 bits per heavy atom. The van der Waals surface area contributed by atoms with Crippen molar-refractivity contribution in [3.63, 3.8) is 0 Å². The third-order valence-corrected chi connectivity index (χ3v) is 3.96. The minimum atomic E-state index is -0.473. The Hall–Kier alpha value is -1.06. The van der Waals surface area contributed by atoms with Gasteiger partial charge < -0.3 is 9.84 Å². The maximum atomic E-state index is 10.5. The van der Waals surface area contributed by atoms with E-state index < -0.39 is 6.10 Å². The molecule has 1 aliphatic rings. The number of rotatable bonds is 8. The topological polar surface area (TPSA) is 32.7 Å². The average Bonchev–Trinajstić information content (AvgIpc) is 3.27. The zero-order valence-corrected chi connectivity index (χ0v) is 12.9. The lowest BCUT2D eigenvalue weighted by Gasteiger charge is -2.26. The van der Waals surface area contributed by atoms with Gasteiger partial charge in [-0.05, 0) is 37.8 Å². The molecule has 1 fully saturated rings. The SMILES string of the molecule is COc1ccccc1C(O)CN(CCC(C)C)C1CC1. The van der Waals surface area contributed by atoms with Crippen molar-refractivity contribution in [2.75, 3.05) is 20.2 Å². The highest BCUT2D eigenvalue weighted by atomic mass is 16.5. The zero-order valence-electron chi connectivity index (χ0n) is 12.9. The van der Waals surface area contributed by atoms with Crippen LogP contribution in [0.2, 0.25) is 0 Å². The molecule has 20 heavy (non-hydrogen) atoms. The predicted molar refractivity (Wildman–Crippen MR) is 82.0 cm³/mol. The number of aliphatic hydroxyl groups is 1. The summed E-state index contributed by atoms with van der Waals surface area (Å²) in [5.74, 6) is 1.49. The molecule has 0 amide bonds. The van der Waals surface area contributed by atoms with Crippen LogP contribution in [-0.4, -0.2) is 36.2 Å². The molecule has 1 atom stereocenters. The van der Waals surface area contributed by atoms with Crippen LogP contribution in [0.1, 0.15) is 44.8 Å². The van der Waals surface area contributed by atoms with E-state index >= 15 is 0 Å². The maximum Gasteiger partial charge on any atom is 0.124 e. The van der Waals surface area contributed by atoms with Crippen molar-refractivity contribution in [1.82, 2.24) is 4.90 Å². The van der Waals surface area contributed by atoms with Gasteiger partial charge in [0.1, 0.15) is 5.75 Å². The summed E-state index contributed by atoms with van der Waals surface area (Å²) >= 11 is 0. The molecule has 1 saturated carbocycles. The number of hydrogen-bond acceptors (Lipinski definition) is 3. The molecular weight excluding hydrogens is 250 g/mol. The average molecular weight is 277 g/mol. The van der Waals surface area contributed by atoms with Gasteiger partial charge in [0.2, 0.25) is 0 Å². The fourth-order valence-corrected chi connectivity index (χ4v) is 2.55. The van der Waals surface area contributed by atoms with Crippen molar-refractivity contribution >= 4 is 0 Å². The lowest BCUT2D eigenvalue weighted by atomic mass is 10.1. The van der Waals surface area contributed by atoms with Gasteiger partial charge >= 0.3 is 0 Å². The molecule has 0 spiro atoms. The Kier molecular flexibility index (Phi) is 5.44. The number of nitrogens with zero attached hydrogens (tertiary/aromatic N) is 1. The summed E-state index contributed by atoms with van der Waals surface area (Å²) < 4.78 is 5.34. The molecule has 3 heteroatoms. The number of hydrogen-bond donors (Lipinski definition) is 1. The van der Waals surface area contributed by atoms with Crippen LogP contribution in [0.5, 0.6) is 5.75 Å². The molecule has 2 rings (SSSR count). The first-order valence-electron chi connectivity index (χ1n) is 7.66. The molecule has 3 nitrogen and oxygen atoms in total. The highest BCUT2D eigenvalue weighted by molar-refractivity contribution is 5.35. The van der Waals surface area contributed by atoms with Crippen LogP contribution in [-0.2, 0) is 0 Å². The minimum absolute atomic E-state index is 0.473. The molecule has 1 N–H and O–H groups in total. The summed E-state index contributed by atoms with van der Waals surface area (Å²) in [5, 5.41) is 10.5. The van der Waals surface area contributed by atoms with Crippen molar-refractivity contribution in [1.29, 1.82) is 0 Å². The molecule has 1 aliphatic carbocycles. The fraction of sp³-hybridized carbons (Fsp3) is 0.647. The van der Waals surface area contributed by atoms with Crippen molar-refractivity contribution in [2.24, 2.45) is 5.92 Å². The number of benzene rings is 1. The van der Waals surface area contributed by atoms with Crippen LogP contribution >= 0.6 is 0 Å². The van der Waals surface area contributed by atoms with E-state index in [0.717, 1.165) is 17.9 Å². The number of para-hydroxylation sites is 1. The first kappa shape index (κ1) is 15.3. The van der Waals surface area contributed by atoms with Gasteiger partial charge in [-0.15, -0.1) is 0 Å². The highest BCUT2D eigenvalue weighted by Crippen LogP contribution is 2.31. The molecule has 1 aromatic rings. The van der Waals surface area contributed by atoms with Crippen LogP contribution in [0.15, 0.2) is 24.3 Å². The number of ether oxygens (including phenoxy) is 1. The molecule has 0 aromatic heterocycles. The van der Waals surface area contributed by atoms with E-state index in [4.69, 9.17) is 4.74 Å². The molecule has 0 radical (unpaired) electrons. The van der Waals surface area contributed by atoms with Crippen molar-refractivity contribution in [3.05, 3.63) is 29.8 Å². The fourth-order valence-electron chi connectivity index (χ4n) is 2.55. The summed E-state index contributed by atoms with van der Waals surface area (Å²) in [6.07, 6.45) is 3.27. The van der Waals surface area contributed by atoms with Gasteiger partial charge in [-0.2, -0.15) is 0 Å². The van der Waals surface area contributed by atoms with Crippen LogP contribution in [0.25, 0.3) is 0 Å². The molecule has 1 aromatic carbocycles. The van der Waals surface area contributed by atoms with Crippen LogP contribution < -0.4 is 4.74 Å². The number of methoxy groups -OCH3 is 1. The van der Waals surface area contributed by atoms with E-state index in [2.05, 4.69) is 18.7 Å². The van der Waals surface area contributed by atoms with Crippen LogP contribution in [0.3, 0.4) is 0 Å². The standard InChI is InChI=1S/C17H27NO2/c1-13(2)10-11-18(14-8-9-14)12-16(19)15-6-4-5-7-17(15)20-3/h4-7,13-14,16,19H,8-12H2,1-3H3. The Morgan fingerprint density at radius 3 is 2.60 bits per heavy atom. The Balaban J connectivity index is 1.98. The van der Waals surface area contributed by atoms with E-state index in [9.17, 15) is 5.11 Å². The molecular formula is C17H27NO2. The summed E-state index contributed by atoms with van der Waals surface area (Å²) in [4.78, 5) is 2.44. The molecule has 1 unspecified atom stereocenters. The van der Waals surface area contributed by atoms with Crippen molar-refractivity contribution in [2.45, 2.75) is 45.3 Å². The normalized spacial score (nSPS) is 16.7.